The van der Waals surface area contributed by atoms with Gasteiger partial charge in [0.25, 0.3) is 0 Å². The van der Waals surface area contributed by atoms with Crippen LogP contribution < -0.4 is 10.6 Å². The maximum atomic E-state index is 12.3. The number of carbonyl (C=O) groups is 2. The highest BCUT2D eigenvalue weighted by Gasteiger charge is 2.08. The van der Waals surface area contributed by atoms with Crippen LogP contribution in [0.4, 0.5) is 5.69 Å². The fourth-order valence-electron chi connectivity index (χ4n) is 3.23. The van der Waals surface area contributed by atoms with Crippen molar-refractivity contribution in [3.05, 3.63) is 102 Å². The van der Waals surface area contributed by atoms with Crippen molar-refractivity contribution in [3.8, 4) is 0 Å². The van der Waals surface area contributed by atoms with Crippen LogP contribution in [-0.2, 0) is 22.6 Å². The lowest BCUT2D eigenvalue weighted by molar-refractivity contribution is -0.117. The highest BCUT2D eigenvalue weighted by Crippen LogP contribution is 2.21. The molecule has 0 fully saturated rings. The topological polar surface area (TPSA) is 86.9 Å². The van der Waals surface area contributed by atoms with E-state index in [0.717, 1.165) is 22.1 Å². The van der Waals surface area contributed by atoms with Gasteiger partial charge in [-0.05, 0) is 23.3 Å². The number of rotatable bonds is 7. The number of aromatic nitrogens is 2. The molecule has 0 aliphatic heterocycles. The summed E-state index contributed by atoms with van der Waals surface area (Å²) in [4.78, 5) is 31.9. The van der Waals surface area contributed by atoms with Crippen LogP contribution in [0.1, 0.15) is 16.7 Å². The summed E-state index contributed by atoms with van der Waals surface area (Å²) < 4.78 is 0. The first-order chi connectivity index (χ1) is 15.2. The first-order valence-electron chi connectivity index (χ1n) is 9.98. The number of benzene rings is 2. The van der Waals surface area contributed by atoms with Crippen LogP contribution in [0.15, 0.2) is 85.2 Å². The Bertz CT molecular complexity index is 1210. The van der Waals surface area contributed by atoms with E-state index in [0.29, 0.717) is 24.3 Å². The van der Waals surface area contributed by atoms with Crippen molar-refractivity contribution in [2.75, 3.05) is 5.32 Å². The molecule has 2 aromatic heterocycles. The van der Waals surface area contributed by atoms with E-state index in [2.05, 4.69) is 20.6 Å². The number of fused-ring (bicyclic) bond motifs is 1. The van der Waals surface area contributed by atoms with Gasteiger partial charge in [0, 0.05) is 29.8 Å². The zero-order chi connectivity index (χ0) is 21.5. The Hall–Kier alpha value is -4.19. The van der Waals surface area contributed by atoms with E-state index in [9.17, 15) is 9.59 Å². The molecule has 2 aromatic carbocycles. The van der Waals surface area contributed by atoms with E-state index in [1.807, 2.05) is 66.7 Å². The number of nitrogens with zero attached hydrogens (tertiary/aromatic N) is 1. The van der Waals surface area contributed by atoms with Gasteiger partial charge >= 0.3 is 0 Å². The molecule has 0 atom stereocenters. The molecule has 0 unspecified atom stereocenters. The molecule has 0 radical (unpaired) electrons. The molecule has 6 heteroatoms. The minimum Gasteiger partial charge on any atom is -0.348 e. The average molecular weight is 410 g/mol. The van der Waals surface area contributed by atoms with Gasteiger partial charge in [-0.3, -0.25) is 9.59 Å². The molecule has 4 rings (SSSR count). The fourth-order valence-corrected chi connectivity index (χ4v) is 3.23. The molecule has 0 aliphatic carbocycles. The smallest absolute Gasteiger partial charge is 0.244 e. The van der Waals surface area contributed by atoms with E-state index in [-0.39, 0.29) is 11.8 Å². The summed E-state index contributed by atoms with van der Waals surface area (Å²) in [5, 5.41) is 6.57. The number of anilines is 1. The first-order valence-corrected chi connectivity index (χ1v) is 9.98. The summed E-state index contributed by atoms with van der Waals surface area (Å²) in [6, 6.07) is 21.2. The van der Waals surface area contributed by atoms with Crippen LogP contribution in [0.5, 0.6) is 0 Å². The van der Waals surface area contributed by atoms with Crippen molar-refractivity contribution >= 4 is 34.6 Å². The third-order valence-electron chi connectivity index (χ3n) is 4.78. The molecule has 4 aromatic rings. The molecule has 154 valence electrons. The van der Waals surface area contributed by atoms with E-state index in [1.54, 1.807) is 18.5 Å². The Morgan fingerprint density at radius 1 is 0.968 bits per heavy atom. The number of aromatic amines is 1. The van der Waals surface area contributed by atoms with E-state index in [1.165, 1.54) is 6.08 Å². The maximum Gasteiger partial charge on any atom is 0.244 e. The van der Waals surface area contributed by atoms with Crippen molar-refractivity contribution in [2.45, 2.75) is 13.0 Å². The average Bonchev–Trinajstić information content (AvgIpc) is 3.20. The molecule has 0 aliphatic rings. The second-order valence-corrected chi connectivity index (χ2v) is 7.11. The van der Waals surface area contributed by atoms with Crippen LogP contribution in [0.2, 0.25) is 0 Å². The van der Waals surface area contributed by atoms with E-state index >= 15 is 0 Å². The van der Waals surface area contributed by atoms with Crippen molar-refractivity contribution < 1.29 is 9.59 Å². The summed E-state index contributed by atoms with van der Waals surface area (Å²) in [5.41, 5.74) is 4.09. The van der Waals surface area contributed by atoms with Crippen LogP contribution in [0, 0.1) is 0 Å². The summed E-state index contributed by atoms with van der Waals surface area (Å²) >= 11 is 0. The second kappa shape index (κ2) is 9.54. The molecular formula is C25H22N4O2. The third-order valence-corrected chi connectivity index (χ3v) is 4.78. The number of amides is 2. The Labute approximate surface area is 180 Å². The zero-order valence-electron chi connectivity index (χ0n) is 16.8. The molecule has 0 saturated carbocycles. The van der Waals surface area contributed by atoms with Crippen molar-refractivity contribution in [1.29, 1.82) is 0 Å². The van der Waals surface area contributed by atoms with Gasteiger partial charge in [0.05, 0.1) is 18.3 Å². The molecule has 2 amide bonds. The number of nitrogens with one attached hydrogen (secondary N) is 3. The van der Waals surface area contributed by atoms with Crippen LogP contribution in [-0.4, -0.2) is 21.8 Å². The highest BCUT2D eigenvalue weighted by molar-refractivity contribution is 5.98. The minimum absolute atomic E-state index is 0.111. The Morgan fingerprint density at radius 3 is 2.42 bits per heavy atom. The Morgan fingerprint density at radius 2 is 1.68 bits per heavy atom. The molecule has 0 saturated heterocycles. The third kappa shape index (κ3) is 5.45. The molecule has 0 spiro atoms. The monoisotopic (exact) mass is 410 g/mol. The second-order valence-electron chi connectivity index (χ2n) is 7.11. The number of pyridine rings is 1. The van der Waals surface area contributed by atoms with Gasteiger partial charge in [-0.25, -0.2) is 4.98 Å². The largest absolute Gasteiger partial charge is 0.348 e. The molecule has 2 heterocycles. The number of carbonyl (C=O) groups excluding carboxylic acids is 2. The van der Waals surface area contributed by atoms with Crippen molar-refractivity contribution in [2.24, 2.45) is 0 Å². The summed E-state index contributed by atoms with van der Waals surface area (Å²) in [6.45, 7) is 0.469. The SMILES string of the molecule is O=C(C=Cc1c[nH]c2ncc(NC(=O)Cc3ccccc3)cc12)NCc1ccccc1. The lowest BCUT2D eigenvalue weighted by Gasteiger charge is -2.05. The molecule has 31 heavy (non-hydrogen) atoms. The van der Waals surface area contributed by atoms with Gasteiger partial charge in [-0.1, -0.05) is 60.7 Å². The van der Waals surface area contributed by atoms with Gasteiger partial charge in [0.2, 0.25) is 11.8 Å². The number of H-pyrrole nitrogens is 1. The Kier molecular flexibility index (Phi) is 6.18. The standard InChI is InChI=1S/C25H22N4O2/c30-23(26-15-19-9-5-2-6-10-19)12-11-20-16-27-25-22(20)14-21(17-28-25)29-24(31)13-18-7-3-1-4-8-18/h1-12,14,16-17H,13,15H2,(H,26,30)(H,27,28)(H,29,31). The van der Waals surface area contributed by atoms with Gasteiger partial charge in [0.1, 0.15) is 5.65 Å². The zero-order valence-corrected chi connectivity index (χ0v) is 16.8. The highest BCUT2D eigenvalue weighted by atomic mass is 16.2. The summed E-state index contributed by atoms with van der Waals surface area (Å²) in [5.74, 6) is -0.293. The van der Waals surface area contributed by atoms with Gasteiger partial charge in [-0.2, -0.15) is 0 Å². The minimum atomic E-state index is -0.182. The van der Waals surface area contributed by atoms with E-state index in [4.69, 9.17) is 0 Å². The lowest BCUT2D eigenvalue weighted by atomic mass is 10.1. The predicted molar refractivity (Wildman–Crippen MR) is 122 cm³/mol. The number of hydrogen-bond acceptors (Lipinski definition) is 3. The first kappa shape index (κ1) is 20.1. The number of hydrogen-bond donors (Lipinski definition) is 3. The summed E-state index contributed by atoms with van der Waals surface area (Å²) in [7, 11) is 0. The fraction of sp³-hybridized carbons (Fsp3) is 0.0800. The van der Waals surface area contributed by atoms with Gasteiger partial charge in [-0.15, -0.1) is 0 Å². The summed E-state index contributed by atoms with van der Waals surface area (Å²) in [6.07, 6.45) is 6.92. The Balaban J connectivity index is 1.41. The van der Waals surface area contributed by atoms with Crippen molar-refractivity contribution in [3.63, 3.8) is 0 Å². The molecule has 3 N–H and O–H groups in total. The quantitative estimate of drug-likeness (QED) is 0.401. The molecule has 0 bridgehead atoms. The maximum absolute atomic E-state index is 12.3. The van der Waals surface area contributed by atoms with Crippen LogP contribution in [0.25, 0.3) is 17.1 Å². The van der Waals surface area contributed by atoms with Gasteiger partial charge in [0.15, 0.2) is 0 Å². The lowest BCUT2D eigenvalue weighted by Crippen LogP contribution is -2.20. The van der Waals surface area contributed by atoms with Crippen LogP contribution >= 0.6 is 0 Å². The molecule has 6 nitrogen and oxygen atoms in total. The normalized spacial score (nSPS) is 11.0. The molecular weight excluding hydrogens is 388 g/mol. The van der Waals surface area contributed by atoms with Crippen LogP contribution in [0.3, 0.4) is 0 Å². The van der Waals surface area contributed by atoms with E-state index < -0.39 is 0 Å². The van der Waals surface area contributed by atoms with Gasteiger partial charge < -0.3 is 15.6 Å². The van der Waals surface area contributed by atoms with Crippen molar-refractivity contribution in [1.82, 2.24) is 15.3 Å². The predicted octanol–water partition coefficient (Wildman–Crippen LogP) is 4.07.